The zero-order chi connectivity index (χ0) is 23.5. The number of aromatic nitrogens is 2. The fourth-order valence-corrected chi connectivity index (χ4v) is 4.38. The monoisotopic (exact) mass is 452 g/mol. The third-order valence-corrected chi connectivity index (χ3v) is 5.92. The number of benzene rings is 2. The molecule has 0 amide bonds. The Morgan fingerprint density at radius 2 is 1.85 bits per heavy atom. The molecule has 2 aliphatic carbocycles. The van der Waals surface area contributed by atoms with Gasteiger partial charge in [0, 0.05) is 17.4 Å². The van der Waals surface area contributed by atoms with Gasteiger partial charge in [-0.2, -0.15) is 5.26 Å². The Bertz CT molecular complexity index is 1460. The molecule has 8 heteroatoms. The van der Waals surface area contributed by atoms with E-state index in [1.165, 1.54) is 10.1 Å². The minimum Gasteiger partial charge on any atom is -0.455 e. The molecule has 1 heterocycles. The summed E-state index contributed by atoms with van der Waals surface area (Å²) >= 11 is 0. The second-order valence-electron chi connectivity index (χ2n) is 7.91. The average Bonchev–Trinajstić information content (AvgIpc) is 3.19. The van der Waals surface area contributed by atoms with E-state index in [2.05, 4.69) is 28.4 Å². The van der Waals surface area contributed by atoms with Crippen LogP contribution in [0.5, 0.6) is 0 Å². The molecule has 2 aromatic carbocycles. The first-order valence-electron chi connectivity index (χ1n) is 10.8. The molecule has 0 N–H and O–H groups in total. The van der Waals surface area contributed by atoms with Gasteiger partial charge < -0.3 is 9.57 Å². The molecule has 2 atom stereocenters. The number of carbonyl (C=O) groups is 1. The van der Waals surface area contributed by atoms with E-state index in [1.54, 1.807) is 24.3 Å². The van der Waals surface area contributed by atoms with Crippen LogP contribution in [-0.4, -0.2) is 27.8 Å². The van der Waals surface area contributed by atoms with Gasteiger partial charge in [0.2, 0.25) is 6.61 Å². The molecule has 8 nitrogen and oxygen atoms in total. The van der Waals surface area contributed by atoms with Gasteiger partial charge in [0.1, 0.15) is 13.2 Å². The molecule has 5 rings (SSSR count). The second-order valence-corrected chi connectivity index (χ2v) is 7.91. The number of ether oxygens (including phenoxy) is 1. The van der Waals surface area contributed by atoms with Gasteiger partial charge in [-0.1, -0.05) is 65.9 Å². The third-order valence-electron chi connectivity index (χ3n) is 5.92. The SMILES string of the molecule is N#CCn1c(COC(=O)CON=C2c3ccccc3C3C=CC=CC23)nc2ccccc2c1=O. The van der Waals surface area contributed by atoms with Crippen LogP contribution in [0.4, 0.5) is 0 Å². The van der Waals surface area contributed by atoms with E-state index in [0.29, 0.717) is 10.9 Å². The van der Waals surface area contributed by atoms with Gasteiger partial charge in [0.05, 0.1) is 22.7 Å². The van der Waals surface area contributed by atoms with Crippen LogP contribution in [0, 0.1) is 17.2 Å². The van der Waals surface area contributed by atoms with Crippen molar-refractivity contribution in [1.82, 2.24) is 9.55 Å². The van der Waals surface area contributed by atoms with Crippen molar-refractivity contribution < 1.29 is 14.4 Å². The average molecular weight is 452 g/mol. The lowest BCUT2D eigenvalue weighted by Gasteiger charge is -2.16. The number of allylic oxidation sites excluding steroid dienone is 4. The first-order chi connectivity index (χ1) is 16.7. The van der Waals surface area contributed by atoms with Crippen molar-refractivity contribution in [1.29, 1.82) is 5.26 Å². The van der Waals surface area contributed by atoms with Gasteiger partial charge in [-0.05, 0) is 17.7 Å². The Morgan fingerprint density at radius 3 is 2.71 bits per heavy atom. The topological polar surface area (TPSA) is 107 Å². The van der Waals surface area contributed by atoms with E-state index in [9.17, 15) is 9.59 Å². The summed E-state index contributed by atoms with van der Waals surface area (Å²) in [6, 6.07) is 16.8. The molecule has 0 bridgehead atoms. The van der Waals surface area contributed by atoms with Crippen LogP contribution < -0.4 is 5.56 Å². The largest absolute Gasteiger partial charge is 0.455 e. The lowest BCUT2D eigenvalue weighted by molar-refractivity contribution is -0.150. The summed E-state index contributed by atoms with van der Waals surface area (Å²) in [4.78, 5) is 34.8. The minimum atomic E-state index is -0.655. The molecule has 0 spiro atoms. The highest BCUT2D eigenvalue weighted by atomic mass is 16.7. The van der Waals surface area contributed by atoms with Gasteiger partial charge in [0.25, 0.3) is 5.56 Å². The van der Waals surface area contributed by atoms with E-state index in [0.717, 1.165) is 11.3 Å². The highest BCUT2D eigenvalue weighted by Gasteiger charge is 2.36. The maximum atomic E-state index is 12.7. The summed E-state index contributed by atoms with van der Waals surface area (Å²) in [7, 11) is 0. The number of carbonyl (C=O) groups excluding carboxylic acids is 1. The van der Waals surface area contributed by atoms with E-state index in [4.69, 9.17) is 14.8 Å². The second kappa shape index (κ2) is 9.16. The molecule has 0 aliphatic heterocycles. The highest BCUT2D eigenvalue weighted by molar-refractivity contribution is 6.08. The van der Waals surface area contributed by atoms with Gasteiger partial charge in [-0.3, -0.25) is 9.36 Å². The molecule has 34 heavy (non-hydrogen) atoms. The smallest absolute Gasteiger partial charge is 0.347 e. The predicted molar refractivity (Wildman–Crippen MR) is 125 cm³/mol. The van der Waals surface area contributed by atoms with Crippen LogP contribution in [0.1, 0.15) is 22.9 Å². The quantitative estimate of drug-likeness (QED) is 0.420. The molecular weight excluding hydrogens is 432 g/mol. The van der Waals surface area contributed by atoms with Crippen molar-refractivity contribution in [2.45, 2.75) is 19.1 Å². The summed E-state index contributed by atoms with van der Waals surface area (Å²) in [5, 5.41) is 13.8. The number of nitrogens with zero attached hydrogens (tertiary/aromatic N) is 4. The van der Waals surface area contributed by atoms with Crippen molar-refractivity contribution in [2.24, 2.45) is 11.1 Å². The van der Waals surface area contributed by atoms with Crippen LogP contribution in [0.3, 0.4) is 0 Å². The Morgan fingerprint density at radius 1 is 1.09 bits per heavy atom. The van der Waals surface area contributed by atoms with E-state index in [-0.39, 0.29) is 36.4 Å². The minimum absolute atomic E-state index is 0.0561. The number of para-hydroxylation sites is 1. The Labute approximate surface area is 195 Å². The lowest BCUT2D eigenvalue weighted by Crippen LogP contribution is -2.26. The zero-order valence-corrected chi connectivity index (χ0v) is 18.1. The van der Waals surface area contributed by atoms with Gasteiger partial charge in [-0.25, -0.2) is 9.78 Å². The number of oxime groups is 1. The molecule has 0 saturated carbocycles. The Balaban J connectivity index is 1.28. The van der Waals surface area contributed by atoms with E-state index < -0.39 is 12.6 Å². The number of nitriles is 1. The predicted octanol–water partition coefficient (Wildman–Crippen LogP) is 3.22. The normalized spacial score (nSPS) is 19.0. The van der Waals surface area contributed by atoms with Gasteiger partial charge in [-0.15, -0.1) is 0 Å². The highest BCUT2D eigenvalue weighted by Crippen LogP contribution is 2.41. The van der Waals surface area contributed by atoms with Crippen LogP contribution in [0.2, 0.25) is 0 Å². The lowest BCUT2D eigenvalue weighted by atomic mass is 9.88. The molecule has 3 aromatic rings. The maximum absolute atomic E-state index is 12.7. The molecule has 0 fully saturated rings. The Hall–Kier alpha value is -4.51. The van der Waals surface area contributed by atoms with Crippen molar-refractivity contribution >= 4 is 22.6 Å². The van der Waals surface area contributed by atoms with E-state index >= 15 is 0 Å². The molecular formula is C26H20N4O4. The maximum Gasteiger partial charge on any atom is 0.347 e. The number of hydrogen-bond acceptors (Lipinski definition) is 7. The summed E-state index contributed by atoms with van der Waals surface area (Å²) in [6.45, 7) is -0.849. The van der Waals surface area contributed by atoms with Crippen molar-refractivity contribution in [3.05, 3.63) is 100 Å². The Kier molecular flexibility index (Phi) is 5.75. The molecule has 2 unspecified atom stereocenters. The van der Waals surface area contributed by atoms with Crippen LogP contribution in [0.25, 0.3) is 10.9 Å². The summed E-state index contributed by atoms with van der Waals surface area (Å²) < 4.78 is 6.47. The number of hydrogen-bond donors (Lipinski definition) is 0. The van der Waals surface area contributed by atoms with Gasteiger partial charge >= 0.3 is 5.97 Å². The molecule has 0 saturated heterocycles. The molecule has 0 radical (unpaired) electrons. The fraction of sp³-hybridized carbons (Fsp3) is 0.192. The fourth-order valence-electron chi connectivity index (χ4n) is 4.38. The van der Waals surface area contributed by atoms with Crippen LogP contribution in [-0.2, 0) is 27.5 Å². The van der Waals surface area contributed by atoms with Crippen molar-refractivity contribution in [3.8, 4) is 6.07 Å². The molecule has 168 valence electrons. The van der Waals surface area contributed by atoms with Crippen molar-refractivity contribution in [2.75, 3.05) is 6.61 Å². The number of esters is 1. The van der Waals surface area contributed by atoms with Gasteiger partial charge in [0.15, 0.2) is 5.82 Å². The first kappa shape index (κ1) is 21.3. The molecule has 1 aromatic heterocycles. The van der Waals surface area contributed by atoms with Crippen LogP contribution in [0.15, 0.2) is 82.8 Å². The summed E-state index contributed by atoms with van der Waals surface area (Å²) in [5.41, 5.74) is 3.07. The first-order valence-corrected chi connectivity index (χ1v) is 10.8. The number of fused-ring (bicyclic) bond motifs is 4. The number of rotatable bonds is 6. The van der Waals surface area contributed by atoms with Crippen molar-refractivity contribution in [3.63, 3.8) is 0 Å². The zero-order valence-electron chi connectivity index (χ0n) is 18.1. The van der Waals surface area contributed by atoms with Crippen LogP contribution >= 0.6 is 0 Å². The summed E-state index contributed by atoms with van der Waals surface area (Å²) in [6.07, 6.45) is 8.21. The van der Waals surface area contributed by atoms with E-state index in [1.807, 2.05) is 36.4 Å². The standard InChI is InChI=1S/C26H20N4O4/c27-13-14-30-23(28-22-12-6-5-11-21(22)26(30)32)15-33-24(31)16-34-29-25-19-9-3-1-7-17(19)18-8-2-4-10-20(18)25/h1-12,17,19H,14-16H2. The molecule has 2 aliphatic rings. The summed E-state index contributed by atoms with van der Waals surface area (Å²) in [5.74, 6) is -0.208. The third kappa shape index (κ3) is 3.88.